The smallest absolute Gasteiger partial charge is 0.0848 e. The first-order valence-electron chi connectivity index (χ1n) is 2.54. The lowest BCUT2D eigenvalue weighted by atomic mass is 10.4. The molecule has 0 amide bonds. The van der Waals surface area contributed by atoms with Gasteiger partial charge in [0.05, 0.1) is 12.3 Å². The number of hydrogen-bond donors (Lipinski definition) is 1. The third kappa shape index (κ3) is 7.11. The predicted octanol–water partition coefficient (Wildman–Crippen LogP) is 1.04. The van der Waals surface area contributed by atoms with E-state index in [1.54, 1.807) is 7.05 Å². The first-order valence-corrected chi connectivity index (χ1v) is 2.54. The number of hydrogen-bond acceptors (Lipinski definition) is 2. The van der Waals surface area contributed by atoms with Gasteiger partial charge in [0, 0.05) is 7.05 Å². The molecule has 0 rings (SSSR count). The summed E-state index contributed by atoms with van der Waals surface area (Å²) in [5.74, 6) is 0. The van der Waals surface area contributed by atoms with Crippen LogP contribution in [0.1, 0.15) is 0 Å². The normalized spacial score (nSPS) is 9.33. The first kappa shape index (κ1) is 11.0. The standard InChI is InChI=1S/C5H9NO.C2H4/c1-3-5(4-7)6-2;1-2/h3,7H,1,4H2,2H3;1-2H2. The van der Waals surface area contributed by atoms with Crippen LogP contribution in [-0.4, -0.2) is 24.5 Å². The molecule has 0 aliphatic heterocycles. The fourth-order valence-corrected chi connectivity index (χ4v) is 0.227. The van der Waals surface area contributed by atoms with Crippen LogP contribution in [0.15, 0.2) is 30.8 Å². The molecule has 0 saturated heterocycles. The Morgan fingerprint density at radius 3 is 2.11 bits per heavy atom. The van der Waals surface area contributed by atoms with E-state index in [2.05, 4.69) is 24.7 Å². The molecule has 1 N–H and O–H groups in total. The summed E-state index contributed by atoms with van der Waals surface area (Å²) in [4.78, 5) is 3.67. The molecule has 0 aromatic heterocycles. The van der Waals surface area contributed by atoms with Crippen LogP contribution < -0.4 is 0 Å². The molecule has 52 valence electrons. The summed E-state index contributed by atoms with van der Waals surface area (Å²) in [5, 5.41) is 8.32. The maximum absolute atomic E-state index is 8.32. The van der Waals surface area contributed by atoms with Crippen LogP contribution in [0.3, 0.4) is 0 Å². The minimum atomic E-state index is -0.0139. The molecule has 0 spiro atoms. The maximum Gasteiger partial charge on any atom is 0.0848 e. The van der Waals surface area contributed by atoms with Gasteiger partial charge in [-0.15, -0.1) is 13.2 Å². The largest absolute Gasteiger partial charge is 0.390 e. The molecule has 2 nitrogen and oxygen atoms in total. The van der Waals surface area contributed by atoms with Crippen molar-refractivity contribution >= 4 is 5.71 Å². The SMILES string of the molecule is C=C.C=CC(CO)=NC. The van der Waals surface area contributed by atoms with Crippen molar-refractivity contribution in [2.75, 3.05) is 13.7 Å². The second kappa shape index (κ2) is 10.2. The van der Waals surface area contributed by atoms with E-state index in [0.717, 1.165) is 0 Å². The van der Waals surface area contributed by atoms with Gasteiger partial charge >= 0.3 is 0 Å². The zero-order valence-electron chi connectivity index (χ0n) is 5.80. The van der Waals surface area contributed by atoms with Crippen LogP contribution in [0.25, 0.3) is 0 Å². The van der Waals surface area contributed by atoms with Crippen molar-refractivity contribution in [1.29, 1.82) is 0 Å². The minimum Gasteiger partial charge on any atom is -0.390 e. The molecule has 0 atom stereocenters. The van der Waals surface area contributed by atoms with E-state index < -0.39 is 0 Å². The predicted molar refractivity (Wildman–Crippen MR) is 41.9 cm³/mol. The Morgan fingerprint density at radius 1 is 1.67 bits per heavy atom. The Labute approximate surface area is 56.2 Å². The molecule has 0 radical (unpaired) electrons. The van der Waals surface area contributed by atoms with Gasteiger partial charge in [-0.05, 0) is 6.08 Å². The van der Waals surface area contributed by atoms with Crippen molar-refractivity contribution in [3.8, 4) is 0 Å². The fraction of sp³-hybridized carbons (Fsp3) is 0.286. The average molecular weight is 127 g/mol. The summed E-state index contributed by atoms with van der Waals surface area (Å²) in [7, 11) is 1.62. The monoisotopic (exact) mass is 127 g/mol. The van der Waals surface area contributed by atoms with E-state index in [1.807, 2.05) is 0 Å². The number of nitrogens with zero attached hydrogens (tertiary/aromatic N) is 1. The molecular formula is C7H13NO. The second-order valence-electron chi connectivity index (χ2n) is 1.08. The van der Waals surface area contributed by atoms with Crippen LogP contribution in [0.5, 0.6) is 0 Å². The molecule has 0 bridgehead atoms. The third-order valence-corrected chi connectivity index (χ3v) is 0.685. The van der Waals surface area contributed by atoms with E-state index in [-0.39, 0.29) is 6.61 Å². The van der Waals surface area contributed by atoms with Crippen molar-refractivity contribution in [3.05, 3.63) is 25.8 Å². The Balaban J connectivity index is 0. The van der Waals surface area contributed by atoms with Gasteiger partial charge in [-0.1, -0.05) is 6.58 Å². The number of aliphatic hydroxyl groups excluding tert-OH is 1. The summed E-state index contributed by atoms with van der Waals surface area (Å²) in [5.41, 5.74) is 0.625. The van der Waals surface area contributed by atoms with Crippen LogP contribution in [-0.2, 0) is 0 Å². The van der Waals surface area contributed by atoms with E-state index in [1.165, 1.54) is 6.08 Å². The van der Waals surface area contributed by atoms with Gasteiger partial charge in [-0.25, -0.2) is 0 Å². The molecule has 0 fully saturated rings. The van der Waals surface area contributed by atoms with Crippen molar-refractivity contribution in [2.24, 2.45) is 4.99 Å². The lowest BCUT2D eigenvalue weighted by Crippen LogP contribution is -1.97. The molecule has 0 aromatic carbocycles. The first-order chi connectivity index (χ1) is 4.35. The molecule has 0 aromatic rings. The van der Waals surface area contributed by atoms with Crippen LogP contribution >= 0.6 is 0 Å². The summed E-state index contributed by atoms with van der Waals surface area (Å²) >= 11 is 0. The van der Waals surface area contributed by atoms with E-state index in [0.29, 0.717) is 5.71 Å². The average Bonchev–Trinajstić information content (AvgIpc) is 1.96. The molecule has 9 heavy (non-hydrogen) atoms. The van der Waals surface area contributed by atoms with Gasteiger partial charge < -0.3 is 5.11 Å². The van der Waals surface area contributed by atoms with Gasteiger partial charge in [-0.2, -0.15) is 0 Å². The molecule has 2 heteroatoms. The topological polar surface area (TPSA) is 32.6 Å². The van der Waals surface area contributed by atoms with E-state index >= 15 is 0 Å². The zero-order valence-corrected chi connectivity index (χ0v) is 5.80. The van der Waals surface area contributed by atoms with E-state index in [9.17, 15) is 0 Å². The number of aliphatic hydroxyl groups is 1. The second-order valence-corrected chi connectivity index (χ2v) is 1.08. The summed E-state index contributed by atoms with van der Waals surface area (Å²) in [6.07, 6.45) is 1.53. The molecule has 0 unspecified atom stereocenters. The third-order valence-electron chi connectivity index (χ3n) is 0.685. The molecule has 0 aliphatic rings. The lowest BCUT2D eigenvalue weighted by molar-refractivity contribution is 0.358. The van der Waals surface area contributed by atoms with Crippen molar-refractivity contribution in [1.82, 2.24) is 0 Å². The minimum absolute atomic E-state index is 0.0139. The summed E-state index contributed by atoms with van der Waals surface area (Å²) in [6.45, 7) is 9.40. The molecule has 0 saturated carbocycles. The van der Waals surface area contributed by atoms with Crippen LogP contribution in [0.2, 0.25) is 0 Å². The summed E-state index contributed by atoms with van der Waals surface area (Å²) in [6, 6.07) is 0. The quantitative estimate of drug-likeness (QED) is 0.436. The molecule has 0 aliphatic carbocycles. The Morgan fingerprint density at radius 2 is 2.11 bits per heavy atom. The van der Waals surface area contributed by atoms with Crippen LogP contribution in [0.4, 0.5) is 0 Å². The highest BCUT2D eigenvalue weighted by Crippen LogP contribution is 1.72. The highest BCUT2D eigenvalue weighted by molar-refractivity contribution is 5.95. The fourth-order valence-electron chi connectivity index (χ4n) is 0.227. The van der Waals surface area contributed by atoms with Crippen molar-refractivity contribution in [3.63, 3.8) is 0 Å². The van der Waals surface area contributed by atoms with Gasteiger partial charge in [0.1, 0.15) is 0 Å². The molecule has 0 heterocycles. The number of rotatable bonds is 2. The summed E-state index contributed by atoms with van der Waals surface area (Å²) < 4.78 is 0. The maximum atomic E-state index is 8.32. The number of aliphatic imine (C=N–C) groups is 1. The Hall–Kier alpha value is -0.890. The van der Waals surface area contributed by atoms with Gasteiger partial charge in [0.2, 0.25) is 0 Å². The Bertz CT molecular complexity index is 97.1. The Kier molecular flexibility index (Phi) is 12.4. The molecular weight excluding hydrogens is 114 g/mol. The van der Waals surface area contributed by atoms with Gasteiger partial charge in [0.15, 0.2) is 0 Å². The lowest BCUT2D eigenvalue weighted by Gasteiger charge is -1.86. The van der Waals surface area contributed by atoms with Gasteiger partial charge in [0.25, 0.3) is 0 Å². The van der Waals surface area contributed by atoms with Crippen LogP contribution in [0, 0.1) is 0 Å². The van der Waals surface area contributed by atoms with Gasteiger partial charge in [-0.3, -0.25) is 4.99 Å². The highest BCUT2D eigenvalue weighted by atomic mass is 16.3. The van der Waals surface area contributed by atoms with Crippen molar-refractivity contribution < 1.29 is 5.11 Å². The van der Waals surface area contributed by atoms with Crippen molar-refractivity contribution in [2.45, 2.75) is 0 Å². The van der Waals surface area contributed by atoms with E-state index in [4.69, 9.17) is 5.11 Å². The zero-order chi connectivity index (χ0) is 7.70. The highest BCUT2D eigenvalue weighted by Gasteiger charge is 1.81.